The summed E-state index contributed by atoms with van der Waals surface area (Å²) in [5.41, 5.74) is 1.42. The molecule has 1 aromatic rings. The minimum Gasteiger partial charge on any atom is -0.284 e. The van der Waals surface area contributed by atoms with E-state index in [0.29, 0.717) is 6.17 Å². The van der Waals surface area contributed by atoms with E-state index in [1.54, 1.807) is 0 Å². The second-order valence-electron chi connectivity index (χ2n) is 6.12. The van der Waals surface area contributed by atoms with Crippen molar-refractivity contribution in [3.05, 3.63) is 34.9 Å². The minimum atomic E-state index is 0.466. The molecule has 0 aromatic heterocycles. The molecular formula is C17H25ClN2. The summed E-state index contributed by atoms with van der Waals surface area (Å²) in [6.45, 7) is 4.96. The predicted octanol–water partition coefficient (Wildman–Crippen LogP) is 4.31. The van der Waals surface area contributed by atoms with Crippen molar-refractivity contribution in [2.75, 3.05) is 26.2 Å². The summed E-state index contributed by atoms with van der Waals surface area (Å²) in [7, 11) is 0. The fourth-order valence-electron chi connectivity index (χ4n) is 3.61. The molecule has 0 saturated carbocycles. The zero-order chi connectivity index (χ0) is 13.8. The van der Waals surface area contributed by atoms with Crippen molar-refractivity contribution in [2.45, 2.75) is 44.7 Å². The Bertz CT molecular complexity index is 388. The SMILES string of the molecule is Clc1ccc(C(N2CCCCC2)N2CCCCC2)cc1. The molecule has 0 spiro atoms. The highest BCUT2D eigenvalue weighted by Crippen LogP contribution is 2.31. The number of likely N-dealkylation sites (tertiary alicyclic amines) is 2. The molecule has 3 heteroatoms. The van der Waals surface area contributed by atoms with Crippen LogP contribution in [0.4, 0.5) is 0 Å². The number of hydrogen-bond acceptors (Lipinski definition) is 2. The van der Waals surface area contributed by atoms with Gasteiger partial charge in [0, 0.05) is 5.02 Å². The van der Waals surface area contributed by atoms with Crippen LogP contribution in [-0.2, 0) is 0 Å². The van der Waals surface area contributed by atoms with Gasteiger partial charge in [0.1, 0.15) is 0 Å². The van der Waals surface area contributed by atoms with Crippen LogP contribution in [0.2, 0.25) is 5.02 Å². The normalized spacial score (nSPS) is 22.3. The van der Waals surface area contributed by atoms with Crippen molar-refractivity contribution in [2.24, 2.45) is 0 Å². The van der Waals surface area contributed by atoms with Crippen LogP contribution in [0.3, 0.4) is 0 Å². The first-order valence-electron chi connectivity index (χ1n) is 8.08. The van der Waals surface area contributed by atoms with Crippen LogP contribution in [-0.4, -0.2) is 36.0 Å². The smallest absolute Gasteiger partial charge is 0.0886 e. The lowest BCUT2D eigenvalue weighted by Crippen LogP contribution is -2.45. The molecule has 2 nitrogen and oxygen atoms in total. The van der Waals surface area contributed by atoms with E-state index in [2.05, 4.69) is 21.9 Å². The number of nitrogens with zero attached hydrogens (tertiary/aromatic N) is 2. The van der Waals surface area contributed by atoms with Crippen molar-refractivity contribution in [3.63, 3.8) is 0 Å². The maximum Gasteiger partial charge on any atom is 0.0886 e. The monoisotopic (exact) mass is 292 g/mol. The van der Waals surface area contributed by atoms with E-state index in [1.165, 1.54) is 70.3 Å². The molecule has 110 valence electrons. The summed E-state index contributed by atoms with van der Waals surface area (Å²) >= 11 is 6.06. The number of piperidine rings is 2. The highest BCUT2D eigenvalue weighted by atomic mass is 35.5. The summed E-state index contributed by atoms with van der Waals surface area (Å²) in [5, 5.41) is 0.838. The molecule has 2 aliphatic rings. The van der Waals surface area contributed by atoms with Gasteiger partial charge >= 0.3 is 0 Å². The molecule has 0 unspecified atom stereocenters. The number of hydrogen-bond donors (Lipinski definition) is 0. The second-order valence-corrected chi connectivity index (χ2v) is 6.55. The van der Waals surface area contributed by atoms with E-state index >= 15 is 0 Å². The molecule has 0 N–H and O–H groups in total. The Morgan fingerprint density at radius 3 is 1.60 bits per heavy atom. The Morgan fingerprint density at radius 1 is 0.700 bits per heavy atom. The molecule has 2 heterocycles. The molecule has 20 heavy (non-hydrogen) atoms. The average molecular weight is 293 g/mol. The highest BCUT2D eigenvalue weighted by molar-refractivity contribution is 6.30. The Balaban J connectivity index is 1.83. The molecule has 3 rings (SSSR count). The first-order chi connectivity index (χ1) is 9.84. The molecule has 2 fully saturated rings. The largest absolute Gasteiger partial charge is 0.284 e. The van der Waals surface area contributed by atoms with Crippen molar-refractivity contribution in [1.29, 1.82) is 0 Å². The Morgan fingerprint density at radius 2 is 1.15 bits per heavy atom. The van der Waals surface area contributed by atoms with Crippen molar-refractivity contribution < 1.29 is 0 Å². The van der Waals surface area contributed by atoms with Gasteiger partial charge in [0.15, 0.2) is 0 Å². The van der Waals surface area contributed by atoms with E-state index in [0.717, 1.165) is 5.02 Å². The zero-order valence-corrected chi connectivity index (χ0v) is 13.0. The van der Waals surface area contributed by atoms with Crippen LogP contribution >= 0.6 is 11.6 Å². The predicted molar refractivity (Wildman–Crippen MR) is 85.0 cm³/mol. The molecule has 0 atom stereocenters. The van der Waals surface area contributed by atoms with Crippen molar-refractivity contribution in [1.82, 2.24) is 9.80 Å². The van der Waals surface area contributed by atoms with Gasteiger partial charge in [-0.2, -0.15) is 0 Å². The average Bonchev–Trinajstić information content (AvgIpc) is 2.52. The van der Waals surface area contributed by atoms with Crippen LogP contribution < -0.4 is 0 Å². The first-order valence-corrected chi connectivity index (χ1v) is 8.46. The van der Waals surface area contributed by atoms with Crippen LogP contribution in [0, 0.1) is 0 Å². The molecule has 0 amide bonds. The molecule has 1 aromatic carbocycles. The van der Waals surface area contributed by atoms with Gasteiger partial charge in [0.05, 0.1) is 6.17 Å². The van der Waals surface area contributed by atoms with E-state index in [-0.39, 0.29) is 0 Å². The van der Waals surface area contributed by atoms with Gasteiger partial charge in [-0.1, -0.05) is 36.6 Å². The van der Waals surface area contributed by atoms with Gasteiger partial charge in [-0.05, 0) is 69.6 Å². The summed E-state index contributed by atoms with van der Waals surface area (Å²) in [6, 6.07) is 8.52. The number of benzene rings is 1. The lowest BCUT2D eigenvalue weighted by atomic mass is 10.0. The third-order valence-electron chi connectivity index (χ3n) is 4.64. The molecular weight excluding hydrogens is 268 g/mol. The number of rotatable bonds is 3. The van der Waals surface area contributed by atoms with Crippen molar-refractivity contribution in [3.8, 4) is 0 Å². The van der Waals surface area contributed by atoms with E-state index < -0.39 is 0 Å². The molecule has 2 aliphatic heterocycles. The Kier molecular flexibility index (Phi) is 4.98. The van der Waals surface area contributed by atoms with E-state index in [1.807, 2.05) is 12.1 Å². The quantitative estimate of drug-likeness (QED) is 0.819. The van der Waals surface area contributed by atoms with Crippen LogP contribution in [0.15, 0.2) is 24.3 Å². The van der Waals surface area contributed by atoms with E-state index in [4.69, 9.17) is 11.6 Å². The fourth-order valence-corrected chi connectivity index (χ4v) is 3.74. The molecule has 0 radical (unpaired) electrons. The fraction of sp³-hybridized carbons (Fsp3) is 0.647. The summed E-state index contributed by atoms with van der Waals surface area (Å²) in [5.74, 6) is 0. The van der Waals surface area contributed by atoms with Gasteiger partial charge in [-0.25, -0.2) is 0 Å². The van der Waals surface area contributed by atoms with Gasteiger partial charge in [-0.15, -0.1) is 0 Å². The second kappa shape index (κ2) is 6.93. The third kappa shape index (κ3) is 3.36. The van der Waals surface area contributed by atoms with Crippen molar-refractivity contribution >= 4 is 11.6 Å². The van der Waals surface area contributed by atoms with Gasteiger partial charge in [-0.3, -0.25) is 9.80 Å². The Hall–Kier alpha value is -0.570. The van der Waals surface area contributed by atoms with Gasteiger partial charge in [0.25, 0.3) is 0 Å². The lowest BCUT2D eigenvalue weighted by Gasteiger charge is -2.43. The maximum absolute atomic E-state index is 6.06. The van der Waals surface area contributed by atoms with E-state index in [9.17, 15) is 0 Å². The molecule has 0 bridgehead atoms. The number of halogens is 1. The summed E-state index contributed by atoms with van der Waals surface area (Å²) in [4.78, 5) is 5.36. The van der Waals surface area contributed by atoms with Crippen LogP contribution in [0.5, 0.6) is 0 Å². The minimum absolute atomic E-state index is 0.466. The summed E-state index contributed by atoms with van der Waals surface area (Å²) < 4.78 is 0. The molecule has 2 saturated heterocycles. The zero-order valence-electron chi connectivity index (χ0n) is 12.2. The standard InChI is InChI=1S/C17H25ClN2/c18-16-9-7-15(8-10-16)17(19-11-3-1-4-12-19)20-13-5-2-6-14-20/h7-10,17H,1-6,11-14H2. The maximum atomic E-state index is 6.06. The Labute approximate surface area is 127 Å². The highest BCUT2D eigenvalue weighted by Gasteiger charge is 2.28. The third-order valence-corrected chi connectivity index (χ3v) is 4.89. The topological polar surface area (TPSA) is 6.48 Å². The van der Waals surface area contributed by atoms with Gasteiger partial charge < -0.3 is 0 Å². The molecule has 0 aliphatic carbocycles. The van der Waals surface area contributed by atoms with Crippen LogP contribution in [0.1, 0.15) is 50.3 Å². The lowest BCUT2D eigenvalue weighted by molar-refractivity contribution is 0.0156. The summed E-state index contributed by atoms with van der Waals surface area (Å²) in [6.07, 6.45) is 8.63. The van der Waals surface area contributed by atoms with Crippen LogP contribution in [0.25, 0.3) is 0 Å². The van der Waals surface area contributed by atoms with Gasteiger partial charge in [0.2, 0.25) is 0 Å². The first kappa shape index (κ1) is 14.4.